The lowest BCUT2D eigenvalue weighted by molar-refractivity contribution is 0.0630. The highest BCUT2D eigenvalue weighted by molar-refractivity contribution is 6.30. The first-order valence-corrected chi connectivity index (χ1v) is 6.06. The SMILES string of the molecule is CCCC(OC)C(NC)c1cccc(Cl)c1. The highest BCUT2D eigenvalue weighted by atomic mass is 35.5. The number of likely N-dealkylation sites (N-methyl/N-ethyl adjacent to an activating group) is 1. The Morgan fingerprint density at radius 1 is 1.44 bits per heavy atom. The van der Waals surface area contributed by atoms with Crippen LogP contribution >= 0.6 is 11.6 Å². The Labute approximate surface area is 103 Å². The zero-order chi connectivity index (χ0) is 12.0. The third kappa shape index (κ3) is 3.48. The maximum Gasteiger partial charge on any atom is 0.0765 e. The molecule has 0 aliphatic heterocycles. The predicted octanol–water partition coefficient (Wildman–Crippen LogP) is 3.42. The number of hydrogen-bond donors (Lipinski definition) is 1. The molecular formula is C13H20ClNO. The van der Waals surface area contributed by atoms with Gasteiger partial charge in [-0.05, 0) is 31.2 Å². The van der Waals surface area contributed by atoms with E-state index >= 15 is 0 Å². The van der Waals surface area contributed by atoms with E-state index in [0.717, 1.165) is 17.9 Å². The minimum absolute atomic E-state index is 0.188. The summed E-state index contributed by atoms with van der Waals surface area (Å²) in [6.07, 6.45) is 2.33. The lowest BCUT2D eigenvalue weighted by Crippen LogP contribution is -2.30. The Morgan fingerprint density at radius 2 is 2.19 bits per heavy atom. The third-order valence-electron chi connectivity index (χ3n) is 2.77. The van der Waals surface area contributed by atoms with Crippen LogP contribution < -0.4 is 5.32 Å². The van der Waals surface area contributed by atoms with Crippen LogP contribution in [0.5, 0.6) is 0 Å². The molecule has 0 saturated carbocycles. The highest BCUT2D eigenvalue weighted by Gasteiger charge is 2.20. The first-order chi connectivity index (χ1) is 7.72. The summed E-state index contributed by atoms with van der Waals surface area (Å²) in [6.45, 7) is 2.16. The van der Waals surface area contributed by atoms with Gasteiger partial charge in [-0.3, -0.25) is 0 Å². The molecule has 0 spiro atoms. The van der Waals surface area contributed by atoms with E-state index in [1.807, 2.05) is 25.2 Å². The van der Waals surface area contributed by atoms with Crippen molar-refractivity contribution in [1.29, 1.82) is 0 Å². The fraction of sp³-hybridized carbons (Fsp3) is 0.538. The van der Waals surface area contributed by atoms with Gasteiger partial charge >= 0.3 is 0 Å². The van der Waals surface area contributed by atoms with Crippen molar-refractivity contribution in [2.24, 2.45) is 0 Å². The number of benzene rings is 1. The Hall–Kier alpha value is -0.570. The van der Waals surface area contributed by atoms with Gasteiger partial charge in [0, 0.05) is 12.1 Å². The molecule has 2 nitrogen and oxygen atoms in total. The molecule has 2 unspecified atom stereocenters. The summed E-state index contributed by atoms with van der Waals surface area (Å²) >= 11 is 6.00. The zero-order valence-electron chi connectivity index (χ0n) is 10.2. The van der Waals surface area contributed by atoms with Gasteiger partial charge in [-0.25, -0.2) is 0 Å². The Morgan fingerprint density at radius 3 is 2.69 bits per heavy atom. The van der Waals surface area contributed by atoms with Crippen molar-refractivity contribution in [3.05, 3.63) is 34.9 Å². The average molecular weight is 242 g/mol. The largest absolute Gasteiger partial charge is 0.379 e. The number of nitrogens with one attached hydrogen (secondary N) is 1. The Kier molecular flexibility index (Phi) is 5.81. The van der Waals surface area contributed by atoms with Crippen molar-refractivity contribution < 1.29 is 4.74 Å². The van der Waals surface area contributed by atoms with Crippen molar-refractivity contribution in [2.45, 2.75) is 31.9 Å². The summed E-state index contributed by atoms with van der Waals surface area (Å²) in [4.78, 5) is 0. The van der Waals surface area contributed by atoms with Gasteiger partial charge in [-0.2, -0.15) is 0 Å². The topological polar surface area (TPSA) is 21.3 Å². The van der Waals surface area contributed by atoms with E-state index in [9.17, 15) is 0 Å². The number of ether oxygens (including phenoxy) is 1. The maximum absolute atomic E-state index is 6.00. The van der Waals surface area contributed by atoms with Gasteiger partial charge in [0.15, 0.2) is 0 Å². The standard InChI is InChI=1S/C13H20ClNO/c1-4-6-12(16-3)13(15-2)10-7-5-8-11(14)9-10/h5,7-9,12-13,15H,4,6H2,1-3H3. The second-order valence-corrected chi connectivity index (χ2v) is 4.32. The van der Waals surface area contributed by atoms with Crippen LogP contribution in [0.3, 0.4) is 0 Å². The fourth-order valence-corrected chi connectivity index (χ4v) is 2.17. The van der Waals surface area contributed by atoms with E-state index in [1.165, 1.54) is 5.56 Å². The van der Waals surface area contributed by atoms with Crippen LogP contribution in [0.4, 0.5) is 0 Å². The molecule has 2 atom stereocenters. The predicted molar refractivity (Wildman–Crippen MR) is 69.0 cm³/mol. The molecule has 0 radical (unpaired) electrons. The van der Waals surface area contributed by atoms with E-state index in [0.29, 0.717) is 0 Å². The van der Waals surface area contributed by atoms with Gasteiger partial charge < -0.3 is 10.1 Å². The summed E-state index contributed by atoms with van der Waals surface area (Å²) < 4.78 is 5.53. The molecule has 0 heterocycles. The van der Waals surface area contributed by atoms with Crippen LogP contribution in [-0.4, -0.2) is 20.3 Å². The van der Waals surface area contributed by atoms with Crippen LogP contribution in [0.25, 0.3) is 0 Å². The van der Waals surface area contributed by atoms with Gasteiger partial charge in [0.25, 0.3) is 0 Å². The minimum atomic E-state index is 0.188. The molecule has 0 aromatic heterocycles. The summed E-state index contributed by atoms with van der Waals surface area (Å²) in [5, 5.41) is 4.07. The van der Waals surface area contributed by atoms with Gasteiger partial charge in [-0.15, -0.1) is 0 Å². The van der Waals surface area contributed by atoms with Gasteiger partial charge in [0.2, 0.25) is 0 Å². The van der Waals surface area contributed by atoms with Crippen LogP contribution in [-0.2, 0) is 4.74 Å². The first-order valence-electron chi connectivity index (χ1n) is 5.68. The molecular weight excluding hydrogens is 222 g/mol. The van der Waals surface area contributed by atoms with Crippen molar-refractivity contribution in [3.8, 4) is 0 Å². The van der Waals surface area contributed by atoms with Crippen molar-refractivity contribution in [2.75, 3.05) is 14.2 Å². The van der Waals surface area contributed by atoms with Crippen LogP contribution in [0.15, 0.2) is 24.3 Å². The Balaban J connectivity index is 2.87. The second-order valence-electron chi connectivity index (χ2n) is 3.88. The van der Waals surface area contributed by atoms with Gasteiger partial charge in [0.05, 0.1) is 12.1 Å². The third-order valence-corrected chi connectivity index (χ3v) is 3.00. The molecule has 0 aliphatic carbocycles. The minimum Gasteiger partial charge on any atom is -0.379 e. The fourth-order valence-electron chi connectivity index (χ4n) is 1.97. The van der Waals surface area contributed by atoms with E-state index < -0.39 is 0 Å². The normalized spacial score (nSPS) is 14.8. The monoisotopic (exact) mass is 241 g/mol. The Bertz CT molecular complexity index is 317. The summed E-state index contributed by atoms with van der Waals surface area (Å²) in [5.41, 5.74) is 1.18. The molecule has 1 N–H and O–H groups in total. The van der Waals surface area contributed by atoms with Crippen LogP contribution in [0.1, 0.15) is 31.4 Å². The number of halogens is 1. The maximum atomic E-state index is 6.00. The van der Waals surface area contributed by atoms with E-state index in [1.54, 1.807) is 7.11 Å². The molecule has 3 heteroatoms. The average Bonchev–Trinajstić information content (AvgIpc) is 2.29. The first kappa shape index (κ1) is 13.5. The molecule has 0 fully saturated rings. The number of hydrogen-bond acceptors (Lipinski definition) is 2. The summed E-state index contributed by atoms with van der Waals surface area (Å²) in [6, 6.07) is 8.13. The number of methoxy groups -OCH3 is 1. The van der Waals surface area contributed by atoms with Gasteiger partial charge in [-0.1, -0.05) is 37.1 Å². The number of rotatable bonds is 6. The smallest absolute Gasteiger partial charge is 0.0765 e. The molecule has 1 aromatic rings. The molecule has 1 aromatic carbocycles. The lowest BCUT2D eigenvalue weighted by Gasteiger charge is -2.26. The lowest BCUT2D eigenvalue weighted by atomic mass is 9.98. The zero-order valence-corrected chi connectivity index (χ0v) is 10.9. The molecule has 0 saturated heterocycles. The van der Waals surface area contributed by atoms with Crippen LogP contribution in [0, 0.1) is 0 Å². The molecule has 0 amide bonds. The quantitative estimate of drug-likeness (QED) is 0.824. The second kappa shape index (κ2) is 6.89. The highest BCUT2D eigenvalue weighted by Crippen LogP contribution is 2.24. The summed E-state index contributed by atoms with van der Waals surface area (Å²) in [7, 11) is 3.71. The van der Waals surface area contributed by atoms with Crippen molar-refractivity contribution in [3.63, 3.8) is 0 Å². The molecule has 0 bridgehead atoms. The van der Waals surface area contributed by atoms with E-state index in [4.69, 9.17) is 16.3 Å². The molecule has 1 rings (SSSR count). The van der Waals surface area contributed by atoms with Crippen molar-refractivity contribution in [1.82, 2.24) is 5.32 Å². The van der Waals surface area contributed by atoms with E-state index in [2.05, 4.69) is 18.3 Å². The molecule has 0 aliphatic rings. The van der Waals surface area contributed by atoms with Gasteiger partial charge in [0.1, 0.15) is 0 Å². The van der Waals surface area contributed by atoms with Crippen LogP contribution in [0.2, 0.25) is 5.02 Å². The molecule has 90 valence electrons. The van der Waals surface area contributed by atoms with Crippen molar-refractivity contribution >= 4 is 11.6 Å². The molecule has 16 heavy (non-hydrogen) atoms. The van der Waals surface area contributed by atoms with E-state index in [-0.39, 0.29) is 12.1 Å². The summed E-state index contributed by atoms with van der Waals surface area (Å²) in [5.74, 6) is 0.